The Balaban J connectivity index is 1.64. The van der Waals surface area contributed by atoms with Crippen molar-refractivity contribution in [3.8, 4) is 0 Å². The zero-order valence-corrected chi connectivity index (χ0v) is 14.9. The van der Waals surface area contributed by atoms with E-state index in [9.17, 15) is 9.59 Å². The number of anilines is 1. The second kappa shape index (κ2) is 5.70. The van der Waals surface area contributed by atoms with Crippen molar-refractivity contribution in [2.24, 2.45) is 11.8 Å². The van der Waals surface area contributed by atoms with Gasteiger partial charge in [-0.15, -0.1) is 0 Å². The molecular weight excluding hydrogens is 374 g/mol. The molecule has 4 atom stereocenters. The van der Waals surface area contributed by atoms with Crippen LogP contribution in [0.4, 0.5) is 5.69 Å². The Kier molecular flexibility index (Phi) is 3.77. The van der Waals surface area contributed by atoms with Crippen molar-refractivity contribution in [3.63, 3.8) is 0 Å². The van der Waals surface area contributed by atoms with Crippen molar-refractivity contribution in [1.82, 2.24) is 0 Å². The molecule has 0 radical (unpaired) electrons. The first-order valence-electron chi connectivity index (χ1n) is 8.16. The first-order valence-corrected chi connectivity index (χ1v) is 8.96. The molecule has 0 saturated carbocycles. The molecule has 1 spiro atoms. The van der Waals surface area contributed by atoms with E-state index >= 15 is 0 Å². The molecule has 2 bridgehead atoms. The summed E-state index contributed by atoms with van der Waals surface area (Å²) in [6.45, 7) is 2.75. The van der Waals surface area contributed by atoms with Gasteiger partial charge in [-0.1, -0.05) is 35.0 Å². The molecule has 1 aromatic rings. The van der Waals surface area contributed by atoms with Crippen molar-refractivity contribution >= 4 is 33.5 Å². The van der Waals surface area contributed by atoms with Crippen molar-refractivity contribution in [2.75, 3.05) is 18.1 Å². The number of hydrogen-bond donors (Lipinski definition) is 0. The van der Waals surface area contributed by atoms with Crippen molar-refractivity contribution < 1.29 is 19.1 Å². The summed E-state index contributed by atoms with van der Waals surface area (Å²) in [4.78, 5) is 27.2. The van der Waals surface area contributed by atoms with Crippen LogP contribution in [-0.4, -0.2) is 36.7 Å². The number of carbonyl (C=O) groups is 2. The van der Waals surface area contributed by atoms with Crippen molar-refractivity contribution in [1.29, 1.82) is 0 Å². The maximum atomic E-state index is 13.0. The van der Waals surface area contributed by atoms with Crippen molar-refractivity contribution in [2.45, 2.75) is 25.0 Å². The highest BCUT2D eigenvalue weighted by atomic mass is 79.9. The van der Waals surface area contributed by atoms with E-state index in [1.807, 2.05) is 43.3 Å². The predicted molar refractivity (Wildman–Crippen MR) is 91.5 cm³/mol. The summed E-state index contributed by atoms with van der Waals surface area (Å²) in [5, 5.41) is 0. The summed E-state index contributed by atoms with van der Waals surface area (Å²) in [6.07, 6.45) is 4.25. The number of amides is 1. The molecule has 126 valence electrons. The third kappa shape index (κ3) is 2.24. The van der Waals surface area contributed by atoms with Gasteiger partial charge in [0.1, 0.15) is 11.5 Å². The fourth-order valence-electron chi connectivity index (χ4n) is 3.91. The quantitative estimate of drug-likeness (QED) is 0.584. The van der Waals surface area contributed by atoms with Gasteiger partial charge in [0.25, 0.3) is 0 Å². The monoisotopic (exact) mass is 391 g/mol. The molecule has 24 heavy (non-hydrogen) atoms. The Bertz CT molecular complexity index is 716. The first-order chi connectivity index (χ1) is 11.6. The summed E-state index contributed by atoms with van der Waals surface area (Å²) < 4.78 is 12.3. The third-order valence-electron chi connectivity index (χ3n) is 4.96. The van der Waals surface area contributed by atoms with Crippen LogP contribution in [0.2, 0.25) is 0 Å². The number of esters is 1. The lowest BCUT2D eigenvalue weighted by Crippen LogP contribution is -2.40. The minimum atomic E-state index is -0.704. The van der Waals surface area contributed by atoms with Crippen LogP contribution in [0.25, 0.3) is 0 Å². The highest BCUT2D eigenvalue weighted by molar-refractivity contribution is 9.10. The van der Waals surface area contributed by atoms with Gasteiger partial charge in [0.15, 0.2) is 0 Å². The van der Waals surface area contributed by atoms with Gasteiger partial charge in [-0.05, 0) is 30.7 Å². The number of ether oxygens (including phenoxy) is 2. The molecule has 2 fully saturated rings. The van der Waals surface area contributed by atoms with Crippen LogP contribution in [-0.2, 0) is 19.1 Å². The SMILES string of the molecule is CCCOC(=O)[C@H]1[C@@H]2C=C[C@]3(CN(c4ccc(Br)cc4)C(=O)[C@H]13)O2. The molecule has 6 heteroatoms. The highest BCUT2D eigenvalue weighted by Crippen LogP contribution is 2.52. The Labute approximate surface area is 148 Å². The minimum Gasteiger partial charge on any atom is -0.465 e. The topological polar surface area (TPSA) is 55.8 Å². The van der Waals surface area contributed by atoms with Gasteiger partial charge in [0, 0.05) is 10.2 Å². The third-order valence-corrected chi connectivity index (χ3v) is 5.49. The second-order valence-corrected chi connectivity index (χ2v) is 7.38. The normalized spacial score (nSPS) is 33.2. The Morgan fingerprint density at radius 3 is 2.88 bits per heavy atom. The maximum Gasteiger partial charge on any atom is 0.312 e. The summed E-state index contributed by atoms with van der Waals surface area (Å²) in [7, 11) is 0. The molecule has 4 rings (SSSR count). The van der Waals surface area contributed by atoms with Gasteiger partial charge in [-0.2, -0.15) is 0 Å². The van der Waals surface area contributed by atoms with E-state index in [0.717, 1.165) is 16.6 Å². The van der Waals surface area contributed by atoms with E-state index in [0.29, 0.717) is 13.2 Å². The van der Waals surface area contributed by atoms with E-state index in [2.05, 4.69) is 15.9 Å². The summed E-state index contributed by atoms with van der Waals surface area (Å²) in [5.41, 5.74) is 0.109. The Morgan fingerprint density at radius 2 is 2.17 bits per heavy atom. The Morgan fingerprint density at radius 1 is 1.42 bits per heavy atom. The Hall–Kier alpha value is -1.66. The van der Waals surface area contributed by atoms with Crippen molar-refractivity contribution in [3.05, 3.63) is 40.9 Å². The van der Waals surface area contributed by atoms with Crippen LogP contribution in [0, 0.1) is 11.8 Å². The number of halogens is 1. The van der Waals surface area contributed by atoms with Crippen LogP contribution in [0.5, 0.6) is 0 Å². The van der Waals surface area contributed by atoms with E-state index in [4.69, 9.17) is 9.47 Å². The maximum absolute atomic E-state index is 13.0. The van der Waals surface area contributed by atoms with Gasteiger partial charge in [-0.25, -0.2) is 0 Å². The molecule has 2 saturated heterocycles. The van der Waals surface area contributed by atoms with Crippen LogP contribution in [0.1, 0.15) is 13.3 Å². The van der Waals surface area contributed by atoms with Crippen LogP contribution in [0.15, 0.2) is 40.9 Å². The molecule has 1 amide bonds. The molecular formula is C18H18BrNO4. The first kappa shape index (κ1) is 15.8. The van der Waals surface area contributed by atoms with Crippen LogP contribution >= 0.6 is 15.9 Å². The number of nitrogens with zero attached hydrogens (tertiary/aromatic N) is 1. The van der Waals surface area contributed by atoms with Gasteiger partial charge >= 0.3 is 5.97 Å². The molecule has 0 unspecified atom stereocenters. The number of fused-ring (bicyclic) bond motifs is 1. The van der Waals surface area contributed by atoms with E-state index in [-0.39, 0.29) is 18.0 Å². The molecule has 3 aliphatic heterocycles. The van der Waals surface area contributed by atoms with Crippen LogP contribution in [0.3, 0.4) is 0 Å². The van der Waals surface area contributed by atoms with Gasteiger partial charge < -0.3 is 14.4 Å². The number of hydrogen-bond acceptors (Lipinski definition) is 4. The zero-order chi connectivity index (χ0) is 16.9. The largest absolute Gasteiger partial charge is 0.465 e. The number of benzene rings is 1. The highest BCUT2D eigenvalue weighted by Gasteiger charge is 2.67. The minimum absolute atomic E-state index is 0.0670. The molecule has 1 aromatic carbocycles. The van der Waals surface area contributed by atoms with E-state index < -0.39 is 17.4 Å². The fourth-order valence-corrected chi connectivity index (χ4v) is 4.17. The molecule has 0 aliphatic carbocycles. The lowest BCUT2D eigenvalue weighted by Gasteiger charge is -2.22. The average molecular weight is 392 g/mol. The average Bonchev–Trinajstić information content (AvgIpc) is 3.22. The lowest BCUT2D eigenvalue weighted by molar-refractivity contribution is -0.152. The van der Waals surface area contributed by atoms with E-state index in [1.54, 1.807) is 4.90 Å². The predicted octanol–water partition coefficient (Wildman–Crippen LogP) is 2.69. The summed E-state index contributed by atoms with van der Waals surface area (Å²) >= 11 is 3.40. The molecule has 0 aromatic heterocycles. The summed E-state index contributed by atoms with van der Waals surface area (Å²) in [5.74, 6) is -1.44. The molecule has 3 heterocycles. The van der Waals surface area contributed by atoms with Gasteiger partial charge in [0.05, 0.1) is 25.2 Å². The van der Waals surface area contributed by atoms with E-state index in [1.165, 1.54) is 0 Å². The lowest BCUT2D eigenvalue weighted by atomic mass is 9.77. The zero-order valence-electron chi connectivity index (χ0n) is 13.3. The number of rotatable bonds is 4. The smallest absolute Gasteiger partial charge is 0.312 e. The standard InChI is InChI=1S/C18H18BrNO4/c1-2-9-23-17(22)14-13-7-8-18(24-13)10-20(16(21)15(14)18)12-5-3-11(19)4-6-12/h3-8,13-15H,2,9-10H2,1H3/t13-,14-,15-,18+/m0/s1. The fraction of sp³-hybridized carbons (Fsp3) is 0.444. The second-order valence-electron chi connectivity index (χ2n) is 6.47. The molecule has 0 N–H and O–H groups in total. The number of carbonyl (C=O) groups excluding carboxylic acids is 2. The van der Waals surface area contributed by atoms with Crippen LogP contribution < -0.4 is 4.90 Å². The molecule has 5 nitrogen and oxygen atoms in total. The van der Waals surface area contributed by atoms with Gasteiger partial charge in [0.2, 0.25) is 5.91 Å². The molecule has 3 aliphatic rings. The summed E-state index contributed by atoms with van der Waals surface area (Å²) in [6, 6.07) is 7.57. The van der Waals surface area contributed by atoms with Gasteiger partial charge in [-0.3, -0.25) is 9.59 Å².